The van der Waals surface area contributed by atoms with Gasteiger partial charge in [-0.3, -0.25) is 4.79 Å². The van der Waals surface area contributed by atoms with E-state index >= 15 is 0 Å². The first-order valence-electron chi connectivity index (χ1n) is 9.69. The zero-order chi connectivity index (χ0) is 18.8. The fraction of sp³-hybridized carbons (Fsp3) is 0.727. The number of fused-ring (bicyclic) bond motifs is 1. The summed E-state index contributed by atoms with van der Waals surface area (Å²) in [6.45, 7) is 13.4. The van der Waals surface area contributed by atoms with E-state index < -0.39 is 0 Å². The smallest absolute Gasteiger partial charge is 0.330 e. The zero-order valence-corrected chi connectivity index (χ0v) is 16.8. The number of rotatable bonds is 5. The van der Waals surface area contributed by atoms with Gasteiger partial charge >= 0.3 is 5.97 Å². The minimum absolute atomic E-state index is 0.113. The molecule has 0 saturated heterocycles. The Morgan fingerprint density at radius 2 is 2.08 bits per heavy atom. The van der Waals surface area contributed by atoms with Crippen LogP contribution in [0.2, 0.25) is 0 Å². The normalized spacial score (nSPS) is 35.8. The maximum atomic E-state index is 12.3. The van der Waals surface area contributed by atoms with Gasteiger partial charge < -0.3 is 4.74 Å². The van der Waals surface area contributed by atoms with E-state index in [9.17, 15) is 9.59 Å². The molecule has 0 amide bonds. The Morgan fingerprint density at radius 1 is 1.40 bits per heavy atom. The molecular weight excluding hydrogens is 312 g/mol. The molecular formula is C22H34O3. The van der Waals surface area contributed by atoms with Crippen LogP contribution in [0.25, 0.3) is 0 Å². The van der Waals surface area contributed by atoms with Gasteiger partial charge in [0.05, 0.1) is 6.61 Å². The van der Waals surface area contributed by atoms with Crippen molar-refractivity contribution in [2.75, 3.05) is 6.61 Å². The van der Waals surface area contributed by atoms with E-state index in [0.29, 0.717) is 24.9 Å². The van der Waals surface area contributed by atoms with Crippen LogP contribution in [0.1, 0.15) is 73.6 Å². The van der Waals surface area contributed by atoms with Gasteiger partial charge in [-0.15, -0.1) is 0 Å². The average molecular weight is 347 g/mol. The minimum atomic E-state index is -0.252. The van der Waals surface area contributed by atoms with Crippen molar-refractivity contribution < 1.29 is 14.3 Å². The summed E-state index contributed by atoms with van der Waals surface area (Å²) in [4.78, 5) is 23.9. The van der Waals surface area contributed by atoms with Crippen molar-refractivity contribution >= 4 is 11.8 Å². The number of esters is 1. The van der Waals surface area contributed by atoms with Gasteiger partial charge in [0.2, 0.25) is 0 Å². The van der Waals surface area contributed by atoms with Gasteiger partial charge in [0.1, 0.15) is 0 Å². The largest absolute Gasteiger partial charge is 0.463 e. The molecule has 3 heteroatoms. The molecule has 1 fully saturated rings. The molecule has 0 unspecified atom stereocenters. The molecule has 0 spiro atoms. The highest BCUT2D eigenvalue weighted by molar-refractivity contribution is 5.92. The second kappa shape index (κ2) is 7.47. The molecule has 3 nitrogen and oxygen atoms in total. The topological polar surface area (TPSA) is 43.4 Å². The number of carbonyl (C=O) groups is 2. The lowest BCUT2D eigenvalue weighted by molar-refractivity contribution is -0.137. The predicted molar refractivity (Wildman–Crippen MR) is 101 cm³/mol. The number of hydrogen-bond donors (Lipinski definition) is 0. The van der Waals surface area contributed by atoms with E-state index in [-0.39, 0.29) is 22.6 Å². The second-order valence-electron chi connectivity index (χ2n) is 8.66. The first-order valence-corrected chi connectivity index (χ1v) is 9.69. The van der Waals surface area contributed by atoms with Gasteiger partial charge in [0.25, 0.3) is 0 Å². The number of ether oxygens (including phenoxy) is 1. The fourth-order valence-electron chi connectivity index (χ4n) is 5.03. The number of hydrogen-bond acceptors (Lipinski definition) is 3. The lowest BCUT2D eigenvalue weighted by Gasteiger charge is -2.57. The molecule has 0 aromatic carbocycles. The average Bonchev–Trinajstić information content (AvgIpc) is 2.53. The van der Waals surface area contributed by atoms with E-state index in [1.165, 1.54) is 18.4 Å². The molecule has 0 aliphatic heterocycles. The number of carbonyl (C=O) groups excluding carboxylic acids is 2. The van der Waals surface area contributed by atoms with Gasteiger partial charge in [-0.2, -0.15) is 0 Å². The molecule has 2 aliphatic carbocycles. The third-order valence-corrected chi connectivity index (χ3v) is 7.18. The molecule has 4 atom stereocenters. The van der Waals surface area contributed by atoms with Crippen LogP contribution in [0.4, 0.5) is 0 Å². The fourth-order valence-corrected chi connectivity index (χ4v) is 5.03. The molecule has 140 valence electrons. The molecule has 0 bridgehead atoms. The van der Waals surface area contributed by atoms with E-state index in [2.05, 4.69) is 27.7 Å². The summed E-state index contributed by atoms with van der Waals surface area (Å²) in [6.07, 6.45) is 8.41. The van der Waals surface area contributed by atoms with Crippen molar-refractivity contribution in [3.63, 3.8) is 0 Å². The van der Waals surface area contributed by atoms with Crippen LogP contribution in [0, 0.1) is 22.7 Å². The molecule has 1 saturated carbocycles. The quantitative estimate of drug-likeness (QED) is 0.504. The number of ketones is 1. The maximum absolute atomic E-state index is 12.3. The Kier molecular flexibility index (Phi) is 5.96. The molecule has 2 aliphatic rings. The Hall–Kier alpha value is -1.38. The predicted octanol–water partition coefficient (Wildman–Crippen LogP) is 5.25. The summed E-state index contributed by atoms with van der Waals surface area (Å²) in [6, 6.07) is 0. The molecule has 0 heterocycles. The minimum Gasteiger partial charge on any atom is -0.463 e. The summed E-state index contributed by atoms with van der Waals surface area (Å²) in [7, 11) is 0. The molecule has 25 heavy (non-hydrogen) atoms. The SMILES string of the molecule is CCOC(=O)/C=C(\C)CC[C@@]1(C)[C@H](C)CC[C@@]2(C)C(C)=CC(=O)C[C@@H]12. The summed E-state index contributed by atoms with van der Waals surface area (Å²) >= 11 is 0. The Bertz CT molecular complexity index is 600. The molecule has 0 aromatic heterocycles. The molecule has 2 rings (SSSR count). The third kappa shape index (κ3) is 3.91. The van der Waals surface area contributed by atoms with Crippen molar-refractivity contribution in [1.29, 1.82) is 0 Å². The Balaban J connectivity index is 2.20. The Labute approximate surface area is 152 Å². The maximum Gasteiger partial charge on any atom is 0.330 e. The van der Waals surface area contributed by atoms with Crippen molar-refractivity contribution in [3.05, 3.63) is 23.3 Å². The van der Waals surface area contributed by atoms with E-state index in [1.54, 1.807) is 6.08 Å². The van der Waals surface area contributed by atoms with Crippen molar-refractivity contribution in [2.24, 2.45) is 22.7 Å². The second-order valence-corrected chi connectivity index (χ2v) is 8.66. The van der Waals surface area contributed by atoms with Crippen molar-refractivity contribution in [1.82, 2.24) is 0 Å². The summed E-state index contributed by atoms with van der Waals surface area (Å²) in [5.41, 5.74) is 2.56. The highest BCUT2D eigenvalue weighted by Gasteiger charge is 2.54. The van der Waals surface area contributed by atoms with Crippen LogP contribution in [0.15, 0.2) is 23.3 Å². The van der Waals surface area contributed by atoms with Gasteiger partial charge in [-0.1, -0.05) is 31.9 Å². The van der Waals surface area contributed by atoms with E-state index in [1.807, 2.05) is 19.9 Å². The first kappa shape index (κ1) is 19.9. The van der Waals surface area contributed by atoms with Crippen LogP contribution in [-0.2, 0) is 14.3 Å². The highest BCUT2D eigenvalue weighted by atomic mass is 16.5. The van der Waals surface area contributed by atoms with Crippen LogP contribution >= 0.6 is 0 Å². The van der Waals surface area contributed by atoms with E-state index in [4.69, 9.17) is 4.74 Å². The highest BCUT2D eigenvalue weighted by Crippen LogP contribution is 2.61. The van der Waals surface area contributed by atoms with Gasteiger partial charge in [-0.25, -0.2) is 4.79 Å². The molecule has 0 aromatic rings. The lowest BCUT2D eigenvalue weighted by atomic mass is 9.47. The number of allylic oxidation sites excluding steroid dienone is 3. The lowest BCUT2D eigenvalue weighted by Crippen LogP contribution is -2.50. The monoisotopic (exact) mass is 346 g/mol. The molecule has 0 N–H and O–H groups in total. The van der Waals surface area contributed by atoms with E-state index in [0.717, 1.165) is 18.4 Å². The first-order chi connectivity index (χ1) is 11.6. The van der Waals surface area contributed by atoms with Crippen LogP contribution in [-0.4, -0.2) is 18.4 Å². The van der Waals surface area contributed by atoms with Crippen LogP contribution < -0.4 is 0 Å². The summed E-state index contributed by atoms with van der Waals surface area (Å²) in [5.74, 6) is 0.994. The van der Waals surface area contributed by atoms with Gasteiger partial charge in [-0.05, 0) is 75.2 Å². The van der Waals surface area contributed by atoms with Gasteiger partial charge in [0.15, 0.2) is 5.78 Å². The standard InChI is InChI=1S/C22H34O3/c1-7-25-20(24)12-15(2)8-10-21(5)16(3)9-11-22(6)17(4)13-18(23)14-19(21)22/h12-13,16,19H,7-11,14H2,1-6H3/b15-12+/t16-,19+,21+,22+/m1/s1. The summed E-state index contributed by atoms with van der Waals surface area (Å²) in [5, 5.41) is 0. The summed E-state index contributed by atoms with van der Waals surface area (Å²) < 4.78 is 5.01. The van der Waals surface area contributed by atoms with Crippen LogP contribution in [0.3, 0.4) is 0 Å². The van der Waals surface area contributed by atoms with Crippen molar-refractivity contribution in [3.8, 4) is 0 Å². The van der Waals surface area contributed by atoms with Gasteiger partial charge in [0, 0.05) is 12.5 Å². The van der Waals surface area contributed by atoms with Crippen molar-refractivity contribution in [2.45, 2.75) is 73.6 Å². The Morgan fingerprint density at radius 3 is 2.72 bits per heavy atom. The zero-order valence-electron chi connectivity index (χ0n) is 16.8. The third-order valence-electron chi connectivity index (χ3n) is 7.18. The van der Waals surface area contributed by atoms with Crippen LogP contribution in [0.5, 0.6) is 0 Å². The molecule has 0 radical (unpaired) electrons.